The van der Waals surface area contributed by atoms with Crippen molar-refractivity contribution < 1.29 is 14.3 Å². The molecule has 4 saturated carbocycles. The molecule has 6 aliphatic rings. The van der Waals surface area contributed by atoms with Gasteiger partial charge in [-0.3, -0.25) is 4.79 Å². The second-order valence-corrected chi connectivity index (χ2v) is 9.73. The summed E-state index contributed by atoms with van der Waals surface area (Å²) in [5.41, 5.74) is 1.27. The van der Waals surface area contributed by atoms with Gasteiger partial charge < -0.3 is 4.74 Å². The van der Waals surface area contributed by atoms with Gasteiger partial charge in [0.15, 0.2) is 5.78 Å². The molecule has 0 amide bonds. The highest BCUT2D eigenvalue weighted by Gasteiger charge is 2.77. The van der Waals surface area contributed by atoms with Crippen LogP contribution in [-0.4, -0.2) is 17.4 Å². The van der Waals surface area contributed by atoms with Crippen molar-refractivity contribution in [3.8, 4) is 0 Å². The van der Waals surface area contributed by atoms with Gasteiger partial charge in [-0.25, -0.2) is 4.79 Å². The largest absolute Gasteiger partial charge is 0.451 e. The molecule has 3 nitrogen and oxygen atoms in total. The van der Waals surface area contributed by atoms with E-state index in [9.17, 15) is 9.59 Å². The Kier molecular flexibility index (Phi) is 2.64. The molecule has 6 rings (SSSR count). The molecule has 3 unspecified atom stereocenters. The van der Waals surface area contributed by atoms with Crippen molar-refractivity contribution in [2.24, 2.45) is 40.9 Å². The van der Waals surface area contributed by atoms with Crippen LogP contribution in [0.15, 0.2) is 23.8 Å². The molecule has 0 radical (unpaired) electrons. The topological polar surface area (TPSA) is 43.4 Å². The lowest BCUT2D eigenvalue weighted by Crippen LogP contribution is -2.54. The molecule has 3 heteroatoms. The average Bonchev–Trinajstić information content (AvgIpc) is 3.23. The fourth-order valence-corrected chi connectivity index (χ4v) is 8.13. The highest BCUT2D eigenvalue weighted by atomic mass is 16.6. The number of hydrogen-bond acceptors (Lipinski definition) is 3. The number of rotatable bonds is 0. The van der Waals surface area contributed by atoms with E-state index in [1.165, 1.54) is 31.3 Å². The fourth-order valence-electron chi connectivity index (χ4n) is 8.13. The lowest BCUT2D eigenvalue weighted by molar-refractivity contribution is -0.167. The first-order valence-corrected chi connectivity index (χ1v) is 10.2. The summed E-state index contributed by atoms with van der Waals surface area (Å²) < 4.78 is 6.03. The summed E-state index contributed by atoms with van der Waals surface area (Å²) in [7, 11) is 0. The lowest BCUT2D eigenvalue weighted by atomic mass is 9.49. The molecule has 0 N–H and O–H groups in total. The van der Waals surface area contributed by atoms with Gasteiger partial charge in [0.1, 0.15) is 5.60 Å². The van der Waals surface area contributed by atoms with Gasteiger partial charge in [-0.05, 0) is 80.3 Å². The number of carbonyl (C=O) groups is 2. The standard InChI is InChI=1S/C22H26O3/c1-21-8-6-15-14-5-3-13(23)10-12(14)2-4-16(15)20(21)17-11-18(17)22(21)9-7-19(24)25-22/h7,9-10,14-18,20H,2-6,8,11H2,1H3/t14-,15?,16?,17+,18-,20?,21-,22-/m0/s1. The van der Waals surface area contributed by atoms with Crippen molar-refractivity contribution >= 4 is 11.8 Å². The predicted octanol–water partition coefficient (Wildman–Crippen LogP) is 3.84. The van der Waals surface area contributed by atoms with Gasteiger partial charge >= 0.3 is 5.97 Å². The number of hydrogen-bond donors (Lipinski definition) is 0. The Balaban J connectivity index is 1.38. The molecule has 0 aromatic heterocycles. The summed E-state index contributed by atoms with van der Waals surface area (Å²) in [4.78, 5) is 23.8. The van der Waals surface area contributed by atoms with Gasteiger partial charge in [0.25, 0.3) is 0 Å². The van der Waals surface area contributed by atoms with E-state index in [1.54, 1.807) is 6.08 Å². The third-order valence-electron chi connectivity index (χ3n) is 9.03. The second-order valence-electron chi connectivity index (χ2n) is 9.73. The minimum absolute atomic E-state index is 0.121. The van der Waals surface area contributed by atoms with Crippen LogP contribution in [0.2, 0.25) is 0 Å². The van der Waals surface area contributed by atoms with E-state index in [-0.39, 0.29) is 17.0 Å². The molecule has 25 heavy (non-hydrogen) atoms. The molecular formula is C22H26O3. The fraction of sp³-hybridized carbons (Fsp3) is 0.727. The van der Waals surface area contributed by atoms with E-state index in [2.05, 4.69) is 13.0 Å². The highest BCUT2D eigenvalue weighted by molar-refractivity contribution is 5.91. The monoisotopic (exact) mass is 338 g/mol. The van der Waals surface area contributed by atoms with Crippen LogP contribution in [0.3, 0.4) is 0 Å². The van der Waals surface area contributed by atoms with Crippen LogP contribution in [0.25, 0.3) is 0 Å². The van der Waals surface area contributed by atoms with Crippen molar-refractivity contribution in [1.29, 1.82) is 0 Å². The van der Waals surface area contributed by atoms with Gasteiger partial charge in [0, 0.05) is 23.8 Å². The summed E-state index contributed by atoms with van der Waals surface area (Å²) in [6, 6.07) is 0. The first-order valence-electron chi connectivity index (χ1n) is 10.2. The van der Waals surface area contributed by atoms with E-state index in [0.29, 0.717) is 23.5 Å². The predicted molar refractivity (Wildman–Crippen MR) is 92.4 cm³/mol. The summed E-state index contributed by atoms with van der Waals surface area (Å²) >= 11 is 0. The van der Waals surface area contributed by atoms with E-state index in [1.807, 2.05) is 6.08 Å². The van der Waals surface area contributed by atoms with Crippen molar-refractivity contribution in [1.82, 2.24) is 0 Å². The maximum atomic E-state index is 11.9. The van der Waals surface area contributed by atoms with Crippen LogP contribution in [0, 0.1) is 40.9 Å². The number of ketones is 1. The maximum Gasteiger partial charge on any atom is 0.331 e. The average molecular weight is 338 g/mol. The van der Waals surface area contributed by atoms with Crippen LogP contribution < -0.4 is 0 Å². The number of carbonyl (C=O) groups excluding carboxylic acids is 2. The van der Waals surface area contributed by atoms with Gasteiger partial charge in [0.05, 0.1) is 0 Å². The van der Waals surface area contributed by atoms with Crippen molar-refractivity contribution in [2.75, 3.05) is 0 Å². The van der Waals surface area contributed by atoms with Crippen LogP contribution in [0.4, 0.5) is 0 Å². The molecule has 8 atom stereocenters. The minimum atomic E-state index is -0.303. The van der Waals surface area contributed by atoms with Crippen LogP contribution in [0.1, 0.15) is 51.9 Å². The zero-order valence-electron chi connectivity index (χ0n) is 14.9. The number of esters is 1. The van der Waals surface area contributed by atoms with Crippen molar-refractivity contribution in [3.05, 3.63) is 23.8 Å². The quantitative estimate of drug-likeness (QED) is 0.630. The summed E-state index contributed by atoms with van der Waals surface area (Å²) in [6.45, 7) is 2.42. The Bertz CT molecular complexity index is 748. The van der Waals surface area contributed by atoms with Gasteiger partial charge in [0.2, 0.25) is 0 Å². The van der Waals surface area contributed by atoms with Crippen LogP contribution in [0.5, 0.6) is 0 Å². The van der Waals surface area contributed by atoms with Crippen LogP contribution >= 0.6 is 0 Å². The Morgan fingerprint density at radius 1 is 1.08 bits per heavy atom. The summed E-state index contributed by atoms with van der Waals surface area (Å²) in [5, 5.41) is 0. The van der Waals surface area contributed by atoms with Crippen LogP contribution in [-0.2, 0) is 14.3 Å². The molecule has 1 spiro atoms. The SMILES string of the molecule is C[C@]12CCC3C(CCC4=CC(=O)CC[C@@H]43)C1[C@@H]1C[C@@H]1[C@@]21C=CC(=O)O1. The Morgan fingerprint density at radius 2 is 1.96 bits per heavy atom. The lowest BCUT2D eigenvalue weighted by Gasteiger charge is -2.56. The number of fused-ring (bicyclic) bond motifs is 9. The van der Waals surface area contributed by atoms with Crippen molar-refractivity contribution in [3.63, 3.8) is 0 Å². The molecule has 0 aromatic carbocycles. The minimum Gasteiger partial charge on any atom is -0.451 e. The zero-order valence-corrected chi connectivity index (χ0v) is 14.9. The highest BCUT2D eigenvalue weighted by Crippen LogP contribution is 2.77. The first kappa shape index (κ1) is 14.8. The van der Waals surface area contributed by atoms with Gasteiger partial charge in [-0.1, -0.05) is 12.5 Å². The van der Waals surface area contributed by atoms with Crippen molar-refractivity contribution in [2.45, 2.75) is 57.5 Å². The number of ether oxygens (including phenoxy) is 1. The maximum absolute atomic E-state index is 11.9. The molecular weight excluding hydrogens is 312 g/mol. The third-order valence-corrected chi connectivity index (χ3v) is 9.03. The first-order chi connectivity index (χ1) is 12.0. The third kappa shape index (κ3) is 1.64. The zero-order chi connectivity index (χ0) is 17.0. The molecule has 1 aliphatic heterocycles. The molecule has 1 heterocycles. The van der Waals surface area contributed by atoms with Gasteiger partial charge in [-0.2, -0.15) is 0 Å². The van der Waals surface area contributed by atoms with E-state index >= 15 is 0 Å². The molecule has 0 aromatic rings. The Labute approximate surface area is 148 Å². The molecule has 4 fully saturated rings. The van der Waals surface area contributed by atoms with Gasteiger partial charge in [-0.15, -0.1) is 0 Å². The van der Waals surface area contributed by atoms with E-state index in [4.69, 9.17) is 4.74 Å². The number of allylic oxidation sites excluding steroid dienone is 1. The van der Waals surface area contributed by atoms with E-state index < -0.39 is 0 Å². The molecule has 132 valence electrons. The van der Waals surface area contributed by atoms with E-state index in [0.717, 1.165) is 37.0 Å². The Morgan fingerprint density at radius 3 is 2.76 bits per heavy atom. The second kappa shape index (κ2) is 4.47. The smallest absolute Gasteiger partial charge is 0.331 e. The summed E-state index contributed by atoms with van der Waals surface area (Å²) in [6.07, 6.45) is 13.6. The normalized spacial score (nSPS) is 55.2. The summed E-state index contributed by atoms with van der Waals surface area (Å²) in [5.74, 6) is 4.39. The molecule has 0 bridgehead atoms. The molecule has 5 aliphatic carbocycles. The Hall–Kier alpha value is -1.38. The molecule has 0 saturated heterocycles.